The molecular formula is C11H11NO3. The third kappa shape index (κ3) is 1.75. The zero-order valence-electron chi connectivity index (χ0n) is 8.18. The van der Waals surface area contributed by atoms with Crippen molar-refractivity contribution >= 4 is 12.0 Å². The summed E-state index contributed by atoms with van der Waals surface area (Å²) in [6, 6.07) is 4.78. The van der Waals surface area contributed by atoms with E-state index < -0.39 is 4.92 Å². The van der Waals surface area contributed by atoms with Crippen LogP contribution in [-0.4, -0.2) is 11.2 Å². The van der Waals surface area contributed by atoms with Crippen molar-refractivity contribution in [1.82, 2.24) is 0 Å². The van der Waals surface area contributed by atoms with Crippen molar-refractivity contribution in [2.24, 2.45) is 0 Å². The second-order valence-corrected chi connectivity index (χ2v) is 3.78. The number of hydrogen-bond donors (Lipinski definition) is 0. The third-order valence-electron chi connectivity index (χ3n) is 2.86. The highest BCUT2D eigenvalue weighted by molar-refractivity contribution is 5.64. The first-order valence-corrected chi connectivity index (χ1v) is 4.95. The molecule has 0 spiro atoms. The third-order valence-corrected chi connectivity index (χ3v) is 2.86. The van der Waals surface area contributed by atoms with E-state index in [1.807, 2.05) is 0 Å². The monoisotopic (exact) mass is 205 g/mol. The Hall–Kier alpha value is -1.71. The Bertz CT molecular complexity index is 414. The van der Waals surface area contributed by atoms with Crippen LogP contribution >= 0.6 is 0 Å². The van der Waals surface area contributed by atoms with Crippen molar-refractivity contribution in [2.45, 2.75) is 25.2 Å². The van der Waals surface area contributed by atoms with Gasteiger partial charge in [0.2, 0.25) is 0 Å². The van der Waals surface area contributed by atoms with Gasteiger partial charge in [-0.25, -0.2) is 0 Å². The number of nitrogens with zero attached hydrogens (tertiary/aromatic N) is 1. The van der Waals surface area contributed by atoms with E-state index in [1.165, 1.54) is 6.07 Å². The van der Waals surface area contributed by atoms with Crippen LogP contribution in [0.1, 0.15) is 29.9 Å². The lowest BCUT2D eigenvalue weighted by Crippen LogP contribution is -2.11. The van der Waals surface area contributed by atoms with Gasteiger partial charge in [0, 0.05) is 18.1 Å². The number of benzene rings is 1. The summed E-state index contributed by atoms with van der Waals surface area (Å²) in [5, 5.41) is 10.6. The maximum absolute atomic E-state index is 10.8. The number of hydrogen-bond acceptors (Lipinski definition) is 3. The summed E-state index contributed by atoms with van der Waals surface area (Å²) in [6.45, 7) is 0. The van der Waals surface area contributed by atoms with E-state index in [-0.39, 0.29) is 11.6 Å². The summed E-state index contributed by atoms with van der Waals surface area (Å²) in [5.74, 6) is -0.0745. The molecule has 2 rings (SSSR count). The summed E-state index contributed by atoms with van der Waals surface area (Å²) in [4.78, 5) is 21.0. The fourth-order valence-corrected chi connectivity index (χ4v) is 2.09. The number of nitro groups is 1. The minimum atomic E-state index is -0.398. The average Bonchev–Trinajstić information content (AvgIpc) is 2.27. The minimum absolute atomic E-state index is 0.0745. The van der Waals surface area contributed by atoms with Crippen LogP contribution < -0.4 is 0 Å². The Morgan fingerprint density at radius 2 is 2.27 bits per heavy atom. The van der Waals surface area contributed by atoms with E-state index >= 15 is 0 Å². The van der Waals surface area contributed by atoms with E-state index in [9.17, 15) is 14.9 Å². The molecular weight excluding hydrogens is 194 g/mol. The number of rotatable bonds is 2. The van der Waals surface area contributed by atoms with Gasteiger partial charge in [0.1, 0.15) is 6.29 Å². The summed E-state index contributed by atoms with van der Waals surface area (Å²) < 4.78 is 0. The first kappa shape index (κ1) is 9.83. The van der Waals surface area contributed by atoms with E-state index in [1.54, 1.807) is 12.1 Å². The Kier molecular flexibility index (Phi) is 2.49. The van der Waals surface area contributed by atoms with Gasteiger partial charge in [-0.05, 0) is 30.4 Å². The lowest BCUT2D eigenvalue weighted by atomic mass is 9.83. The molecule has 4 heteroatoms. The summed E-state index contributed by atoms with van der Waals surface area (Å²) >= 11 is 0. The van der Waals surface area contributed by atoms with Crippen molar-refractivity contribution < 1.29 is 9.72 Å². The molecule has 1 atom stereocenters. The van der Waals surface area contributed by atoms with E-state index in [2.05, 4.69) is 0 Å². The van der Waals surface area contributed by atoms with Crippen LogP contribution in [0.4, 0.5) is 5.69 Å². The van der Waals surface area contributed by atoms with E-state index in [0.29, 0.717) is 0 Å². The lowest BCUT2D eigenvalue weighted by molar-refractivity contribution is -0.384. The molecule has 0 radical (unpaired) electrons. The highest BCUT2D eigenvalue weighted by Gasteiger charge is 2.21. The molecule has 1 unspecified atom stereocenters. The SMILES string of the molecule is O=CC1CCCc2cc([N+](=O)[O-])ccc21. The normalized spacial score (nSPS) is 19.3. The van der Waals surface area contributed by atoms with Crippen LogP contribution in [0.3, 0.4) is 0 Å². The smallest absolute Gasteiger partial charge is 0.269 e. The molecule has 1 aromatic rings. The predicted molar refractivity (Wildman–Crippen MR) is 54.8 cm³/mol. The highest BCUT2D eigenvalue weighted by atomic mass is 16.6. The second kappa shape index (κ2) is 3.81. The van der Waals surface area contributed by atoms with Crippen molar-refractivity contribution in [3.05, 3.63) is 39.4 Å². The summed E-state index contributed by atoms with van der Waals surface area (Å²) in [6.07, 6.45) is 3.55. The first-order chi connectivity index (χ1) is 7.22. The molecule has 0 N–H and O–H groups in total. The fourth-order valence-electron chi connectivity index (χ4n) is 2.09. The fraction of sp³-hybridized carbons (Fsp3) is 0.364. The Labute approximate surface area is 87.1 Å². The number of non-ortho nitro benzene ring substituents is 1. The van der Waals surface area contributed by atoms with Gasteiger partial charge in [-0.2, -0.15) is 0 Å². The summed E-state index contributed by atoms with van der Waals surface area (Å²) in [7, 11) is 0. The van der Waals surface area contributed by atoms with Crippen LogP contribution in [0, 0.1) is 10.1 Å². The highest BCUT2D eigenvalue weighted by Crippen LogP contribution is 2.32. The van der Waals surface area contributed by atoms with E-state index in [0.717, 1.165) is 36.7 Å². The minimum Gasteiger partial charge on any atom is -0.303 e. The van der Waals surface area contributed by atoms with Gasteiger partial charge in [-0.3, -0.25) is 10.1 Å². The topological polar surface area (TPSA) is 60.2 Å². The molecule has 0 heterocycles. The standard InChI is InChI=1S/C11H11NO3/c13-7-9-3-1-2-8-6-10(12(14)15)4-5-11(8)9/h4-7,9H,1-3H2. The van der Waals surface area contributed by atoms with Crippen LogP contribution in [-0.2, 0) is 11.2 Å². The molecule has 1 aromatic carbocycles. The lowest BCUT2D eigenvalue weighted by Gasteiger charge is -2.20. The summed E-state index contributed by atoms with van der Waals surface area (Å²) in [5.41, 5.74) is 2.02. The molecule has 0 bridgehead atoms. The number of carbonyl (C=O) groups excluding carboxylic acids is 1. The molecule has 0 aromatic heterocycles. The predicted octanol–water partition coefficient (Wildman–Crippen LogP) is 2.21. The van der Waals surface area contributed by atoms with Crippen LogP contribution in [0.25, 0.3) is 0 Å². The van der Waals surface area contributed by atoms with Crippen molar-refractivity contribution in [2.75, 3.05) is 0 Å². The molecule has 1 aliphatic rings. The largest absolute Gasteiger partial charge is 0.303 e. The zero-order chi connectivity index (χ0) is 10.8. The van der Waals surface area contributed by atoms with Gasteiger partial charge in [0.25, 0.3) is 5.69 Å². The number of aldehydes is 1. The number of carbonyl (C=O) groups is 1. The van der Waals surface area contributed by atoms with Gasteiger partial charge in [0.15, 0.2) is 0 Å². The first-order valence-electron chi connectivity index (χ1n) is 4.95. The van der Waals surface area contributed by atoms with E-state index in [4.69, 9.17) is 0 Å². The molecule has 4 nitrogen and oxygen atoms in total. The number of fused-ring (bicyclic) bond motifs is 1. The van der Waals surface area contributed by atoms with Gasteiger partial charge >= 0.3 is 0 Å². The van der Waals surface area contributed by atoms with Gasteiger partial charge in [-0.1, -0.05) is 6.07 Å². The molecule has 78 valence electrons. The van der Waals surface area contributed by atoms with Crippen molar-refractivity contribution in [3.63, 3.8) is 0 Å². The molecule has 0 saturated carbocycles. The Morgan fingerprint density at radius 3 is 2.93 bits per heavy atom. The maximum atomic E-state index is 10.8. The molecule has 15 heavy (non-hydrogen) atoms. The van der Waals surface area contributed by atoms with Crippen molar-refractivity contribution in [1.29, 1.82) is 0 Å². The second-order valence-electron chi connectivity index (χ2n) is 3.78. The molecule has 0 saturated heterocycles. The van der Waals surface area contributed by atoms with Gasteiger partial charge < -0.3 is 4.79 Å². The quantitative estimate of drug-likeness (QED) is 0.422. The van der Waals surface area contributed by atoms with Crippen LogP contribution in [0.2, 0.25) is 0 Å². The molecule has 1 aliphatic carbocycles. The zero-order valence-corrected chi connectivity index (χ0v) is 8.18. The molecule has 0 aliphatic heterocycles. The number of nitro benzene ring substituents is 1. The average molecular weight is 205 g/mol. The Morgan fingerprint density at radius 1 is 1.47 bits per heavy atom. The van der Waals surface area contributed by atoms with Crippen LogP contribution in [0.5, 0.6) is 0 Å². The van der Waals surface area contributed by atoms with Gasteiger partial charge in [-0.15, -0.1) is 0 Å². The Balaban J connectivity index is 2.44. The number of aryl methyl sites for hydroxylation is 1. The maximum Gasteiger partial charge on any atom is 0.269 e. The van der Waals surface area contributed by atoms with Gasteiger partial charge in [0.05, 0.1) is 4.92 Å². The molecule has 0 amide bonds. The van der Waals surface area contributed by atoms with Crippen LogP contribution in [0.15, 0.2) is 18.2 Å². The van der Waals surface area contributed by atoms with Crippen molar-refractivity contribution in [3.8, 4) is 0 Å². The molecule has 0 fully saturated rings.